The predicted octanol–water partition coefficient (Wildman–Crippen LogP) is 3.05. The van der Waals surface area contributed by atoms with Crippen molar-refractivity contribution in [1.82, 2.24) is 14.5 Å². The first-order valence-electron chi connectivity index (χ1n) is 5.87. The molecule has 2 aromatic rings. The Morgan fingerprint density at radius 3 is 2.50 bits per heavy atom. The van der Waals surface area contributed by atoms with Gasteiger partial charge in [0.25, 0.3) is 0 Å². The molecule has 18 heavy (non-hydrogen) atoms. The molecule has 0 radical (unpaired) electrons. The van der Waals surface area contributed by atoms with Crippen LogP contribution in [-0.4, -0.2) is 14.5 Å². The highest BCUT2D eigenvalue weighted by Gasteiger charge is 2.19. The van der Waals surface area contributed by atoms with Crippen LogP contribution in [0.3, 0.4) is 0 Å². The van der Waals surface area contributed by atoms with Crippen LogP contribution in [0.25, 0.3) is 0 Å². The highest BCUT2D eigenvalue weighted by Crippen LogP contribution is 2.23. The Balaban J connectivity index is 2.05. The zero-order valence-electron chi connectivity index (χ0n) is 11.4. The second kappa shape index (κ2) is 4.68. The van der Waals surface area contributed by atoms with E-state index in [9.17, 15) is 0 Å². The Morgan fingerprint density at radius 1 is 1.28 bits per heavy atom. The van der Waals surface area contributed by atoms with Crippen molar-refractivity contribution in [2.75, 3.05) is 5.32 Å². The third kappa shape index (κ3) is 2.69. The topological polar surface area (TPSA) is 63.8 Å². The van der Waals surface area contributed by atoms with E-state index >= 15 is 0 Å². The van der Waals surface area contributed by atoms with Gasteiger partial charge in [-0.1, -0.05) is 25.9 Å². The zero-order valence-corrected chi connectivity index (χ0v) is 12.2. The Bertz CT molecular complexity index is 519. The lowest BCUT2D eigenvalue weighted by atomic mass is 9.96. The van der Waals surface area contributed by atoms with Crippen molar-refractivity contribution in [2.45, 2.75) is 46.6 Å². The summed E-state index contributed by atoms with van der Waals surface area (Å²) in [6.07, 6.45) is 0. The van der Waals surface area contributed by atoms with Gasteiger partial charge in [-0.2, -0.15) is 4.37 Å². The number of hydrogen-bond donors (Lipinski definition) is 1. The van der Waals surface area contributed by atoms with E-state index in [0.717, 1.165) is 28.0 Å². The fourth-order valence-corrected chi connectivity index (χ4v) is 2.27. The molecule has 0 saturated carbocycles. The number of anilines is 1. The van der Waals surface area contributed by atoms with E-state index in [1.54, 1.807) is 0 Å². The van der Waals surface area contributed by atoms with Crippen LogP contribution in [0.15, 0.2) is 4.52 Å². The van der Waals surface area contributed by atoms with Crippen molar-refractivity contribution < 1.29 is 4.52 Å². The molecule has 0 saturated heterocycles. The molecule has 0 bridgehead atoms. The summed E-state index contributed by atoms with van der Waals surface area (Å²) >= 11 is 1.39. The minimum absolute atomic E-state index is 0.0144. The van der Waals surface area contributed by atoms with Gasteiger partial charge in [0.05, 0.1) is 5.69 Å². The van der Waals surface area contributed by atoms with E-state index in [4.69, 9.17) is 4.52 Å². The summed E-state index contributed by atoms with van der Waals surface area (Å²) in [5, 5.41) is 8.02. The van der Waals surface area contributed by atoms with Crippen molar-refractivity contribution in [1.29, 1.82) is 0 Å². The molecule has 0 amide bonds. The Morgan fingerprint density at radius 2 is 2.00 bits per heavy atom. The van der Waals surface area contributed by atoms with Crippen LogP contribution in [-0.2, 0) is 12.0 Å². The largest absolute Gasteiger partial charge is 0.361 e. The van der Waals surface area contributed by atoms with Gasteiger partial charge in [0, 0.05) is 29.1 Å². The molecule has 0 aliphatic carbocycles. The normalized spacial score (nSPS) is 11.8. The van der Waals surface area contributed by atoms with Gasteiger partial charge >= 0.3 is 0 Å². The highest BCUT2D eigenvalue weighted by molar-refractivity contribution is 7.09. The van der Waals surface area contributed by atoms with Crippen molar-refractivity contribution in [3.8, 4) is 0 Å². The monoisotopic (exact) mass is 266 g/mol. The van der Waals surface area contributed by atoms with Gasteiger partial charge in [-0.3, -0.25) is 0 Å². The number of hydrogen-bond acceptors (Lipinski definition) is 6. The Labute approximate surface area is 111 Å². The standard InChI is InChI=1S/C12H18N4OS/c1-7-9(8(2)17-15-7)6-13-11-14-10(16-18-11)12(3,4)5/h6H2,1-5H3,(H,13,14,16). The quantitative estimate of drug-likeness (QED) is 0.925. The van der Waals surface area contributed by atoms with Gasteiger partial charge in [-0.05, 0) is 13.8 Å². The SMILES string of the molecule is Cc1noc(C)c1CNc1nc(C(C)(C)C)ns1. The first kappa shape index (κ1) is 13.0. The maximum atomic E-state index is 5.12. The van der Waals surface area contributed by atoms with Crippen LogP contribution in [0.2, 0.25) is 0 Å². The summed E-state index contributed by atoms with van der Waals surface area (Å²) < 4.78 is 9.48. The molecule has 1 N–H and O–H groups in total. The third-order valence-electron chi connectivity index (χ3n) is 2.69. The molecule has 0 aliphatic heterocycles. The molecule has 2 heterocycles. The molecule has 0 atom stereocenters. The minimum atomic E-state index is -0.0144. The molecule has 5 nitrogen and oxygen atoms in total. The van der Waals surface area contributed by atoms with Crippen molar-refractivity contribution in [3.05, 3.63) is 22.8 Å². The molecule has 0 aliphatic rings. The van der Waals surface area contributed by atoms with Gasteiger partial charge in [0.15, 0.2) is 0 Å². The number of rotatable bonds is 3. The highest BCUT2D eigenvalue weighted by atomic mass is 32.1. The molecule has 0 aromatic carbocycles. The third-order valence-corrected chi connectivity index (χ3v) is 3.37. The van der Waals surface area contributed by atoms with E-state index in [1.807, 2.05) is 13.8 Å². The molecule has 0 unspecified atom stereocenters. The first-order chi connectivity index (χ1) is 8.38. The Hall–Kier alpha value is -1.43. The van der Waals surface area contributed by atoms with Crippen LogP contribution in [0, 0.1) is 13.8 Å². The zero-order chi connectivity index (χ0) is 13.3. The summed E-state index contributed by atoms with van der Waals surface area (Å²) in [5.41, 5.74) is 1.99. The second-order valence-corrected chi connectivity index (χ2v) is 6.08. The van der Waals surface area contributed by atoms with Crippen LogP contribution in [0.4, 0.5) is 5.13 Å². The number of aryl methyl sites for hydroxylation is 2. The van der Waals surface area contributed by atoms with E-state index in [2.05, 4.69) is 40.6 Å². The van der Waals surface area contributed by atoms with E-state index in [1.165, 1.54) is 11.5 Å². The molecule has 2 rings (SSSR count). The van der Waals surface area contributed by atoms with Crippen molar-refractivity contribution in [2.24, 2.45) is 0 Å². The summed E-state index contributed by atoms with van der Waals surface area (Å²) in [4.78, 5) is 4.49. The average molecular weight is 266 g/mol. The summed E-state index contributed by atoms with van der Waals surface area (Å²) in [7, 11) is 0. The van der Waals surface area contributed by atoms with Gasteiger partial charge in [-0.25, -0.2) is 4.98 Å². The molecular formula is C12H18N4OS. The average Bonchev–Trinajstić information content (AvgIpc) is 2.84. The lowest BCUT2D eigenvalue weighted by Crippen LogP contribution is -2.13. The lowest BCUT2D eigenvalue weighted by molar-refractivity contribution is 0.392. The maximum Gasteiger partial charge on any atom is 0.202 e. The van der Waals surface area contributed by atoms with Gasteiger partial charge < -0.3 is 9.84 Å². The van der Waals surface area contributed by atoms with E-state index in [0.29, 0.717) is 6.54 Å². The van der Waals surface area contributed by atoms with Crippen molar-refractivity contribution in [3.63, 3.8) is 0 Å². The number of nitrogens with one attached hydrogen (secondary N) is 1. The molecular weight excluding hydrogens is 248 g/mol. The molecule has 0 fully saturated rings. The molecule has 0 spiro atoms. The summed E-state index contributed by atoms with van der Waals surface area (Å²) in [6.45, 7) is 10.8. The lowest BCUT2D eigenvalue weighted by Gasteiger charge is -2.12. The maximum absolute atomic E-state index is 5.12. The van der Waals surface area contributed by atoms with Gasteiger partial charge in [0.1, 0.15) is 11.6 Å². The van der Waals surface area contributed by atoms with Crippen LogP contribution in [0.5, 0.6) is 0 Å². The van der Waals surface area contributed by atoms with E-state index in [-0.39, 0.29) is 5.41 Å². The molecule has 6 heteroatoms. The summed E-state index contributed by atoms with van der Waals surface area (Å²) in [6, 6.07) is 0. The van der Waals surface area contributed by atoms with Crippen molar-refractivity contribution >= 4 is 16.7 Å². The molecule has 98 valence electrons. The predicted molar refractivity (Wildman–Crippen MR) is 71.9 cm³/mol. The van der Waals surface area contributed by atoms with E-state index < -0.39 is 0 Å². The van der Waals surface area contributed by atoms with Crippen LogP contribution in [0.1, 0.15) is 43.6 Å². The van der Waals surface area contributed by atoms with Gasteiger partial charge in [-0.15, -0.1) is 0 Å². The fourth-order valence-electron chi connectivity index (χ4n) is 1.52. The van der Waals surface area contributed by atoms with Crippen LogP contribution < -0.4 is 5.32 Å². The van der Waals surface area contributed by atoms with Gasteiger partial charge in [0.2, 0.25) is 5.13 Å². The summed E-state index contributed by atoms with van der Waals surface area (Å²) in [5.74, 6) is 1.72. The first-order valence-corrected chi connectivity index (χ1v) is 6.65. The smallest absolute Gasteiger partial charge is 0.202 e. The number of nitrogens with zero attached hydrogens (tertiary/aromatic N) is 3. The number of aromatic nitrogens is 3. The fraction of sp³-hybridized carbons (Fsp3) is 0.583. The minimum Gasteiger partial charge on any atom is -0.361 e. The second-order valence-electron chi connectivity index (χ2n) is 5.33. The van der Waals surface area contributed by atoms with Crippen LogP contribution >= 0.6 is 11.5 Å². The Kier molecular flexibility index (Phi) is 3.38. The molecule has 2 aromatic heterocycles.